The molecule has 0 fully saturated rings. The van der Waals surface area contributed by atoms with E-state index in [1.807, 2.05) is 0 Å². The van der Waals surface area contributed by atoms with Crippen LogP contribution in [0.2, 0.25) is 5.15 Å². The van der Waals surface area contributed by atoms with E-state index in [9.17, 15) is 17.6 Å². The number of nitrogens with zero attached hydrogens (tertiary/aromatic N) is 5. The minimum atomic E-state index is -3.20. The summed E-state index contributed by atoms with van der Waals surface area (Å²) >= 11 is 6.38. The molecule has 2 aromatic carbocycles. The lowest BCUT2D eigenvalue weighted by Crippen LogP contribution is -2.16. The molecule has 0 radical (unpaired) electrons. The summed E-state index contributed by atoms with van der Waals surface area (Å²) in [4.78, 5) is 4.21. The molecule has 5 rings (SSSR count). The first-order valence-corrected chi connectivity index (χ1v) is 12.4. The molecule has 0 spiro atoms. The summed E-state index contributed by atoms with van der Waals surface area (Å²) in [6, 6.07) is 8.22. The van der Waals surface area contributed by atoms with Gasteiger partial charge in [-0.05, 0) is 56.7 Å². The maximum atomic E-state index is 14.6. The molecule has 0 aliphatic carbocycles. The first-order valence-electron chi connectivity index (χ1n) is 12.0. The van der Waals surface area contributed by atoms with Gasteiger partial charge in [-0.3, -0.25) is 4.57 Å². The predicted octanol–water partition coefficient (Wildman–Crippen LogP) is 7.51. The second-order valence-electron chi connectivity index (χ2n) is 9.47. The first kappa shape index (κ1) is 26.7. The van der Waals surface area contributed by atoms with Crippen LogP contribution in [0.1, 0.15) is 42.3 Å². The number of imidazole rings is 1. The van der Waals surface area contributed by atoms with E-state index < -0.39 is 23.6 Å². The molecular weight excluding hydrogens is 534 g/mol. The zero-order valence-corrected chi connectivity index (χ0v) is 22.5. The smallest absolute Gasteiger partial charge is 0.271 e. The van der Waals surface area contributed by atoms with E-state index in [4.69, 9.17) is 16.3 Å². The van der Waals surface area contributed by atoms with Gasteiger partial charge in [0.2, 0.25) is 0 Å². The number of hydrogen-bond acceptors (Lipinski definition) is 4. The quantitative estimate of drug-likeness (QED) is 0.203. The summed E-state index contributed by atoms with van der Waals surface area (Å²) in [5.41, 5.74) is 2.39. The zero-order chi connectivity index (χ0) is 28.2. The number of pyridine rings is 1. The topological polar surface area (TPSA) is 57.8 Å². The van der Waals surface area contributed by atoms with Crippen LogP contribution in [0.4, 0.5) is 17.6 Å². The molecule has 1 unspecified atom stereocenters. The molecule has 0 saturated carbocycles. The van der Waals surface area contributed by atoms with Crippen molar-refractivity contribution in [1.29, 1.82) is 0 Å². The summed E-state index contributed by atoms with van der Waals surface area (Å²) in [6.45, 7) is 5.55. The Morgan fingerprint density at radius 1 is 1.03 bits per heavy atom. The van der Waals surface area contributed by atoms with Crippen molar-refractivity contribution >= 4 is 11.6 Å². The van der Waals surface area contributed by atoms with Gasteiger partial charge in [0.25, 0.3) is 5.92 Å². The Morgan fingerprint density at radius 2 is 1.72 bits per heavy atom. The Kier molecular flexibility index (Phi) is 6.62. The van der Waals surface area contributed by atoms with Crippen molar-refractivity contribution in [3.63, 3.8) is 0 Å². The Morgan fingerprint density at radius 3 is 2.31 bits per heavy atom. The van der Waals surface area contributed by atoms with Gasteiger partial charge in [0.1, 0.15) is 34.6 Å². The molecule has 1 aromatic heterocycles. The van der Waals surface area contributed by atoms with Crippen molar-refractivity contribution in [1.82, 2.24) is 24.3 Å². The third-order valence-electron chi connectivity index (χ3n) is 6.86. The Hall–Kier alpha value is -3.92. The molecule has 0 bridgehead atoms. The van der Waals surface area contributed by atoms with Gasteiger partial charge in [0.05, 0.1) is 24.5 Å². The predicted molar refractivity (Wildman–Crippen MR) is 140 cm³/mol. The highest BCUT2D eigenvalue weighted by Crippen LogP contribution is 2.40. The Labute approximate surface area is 227 Å². The van der Waals surface area contributed by atoms with Gasteiger partial charge in [-0.15, -0.1) is 10.2 Å². The number of aromatic nitrogens is 5. The highest BCUT2D eigenvalue weighted by molar-refractivity contribution is 6.30. The lowest BCUT2D eigenvalue weighted by atomic mass is 9.99. The molecule has 6 nitrogen and oxygen atoms in total. The fraction of sp³-hybridized carbons (Fsp3) is 0.250. The van der Waals surface area contributed by atoms with Crippen molar-refractivity contribution in [3.8, 4) is 34.1 Å². The molecule has 2 aliphatic heterocycles. The normalized spacial score (nSPS) is 12.8. The van der Waals surface area contributed by atoms with Crippen molar-refractivity contribution in [2.75, 3.05) is 7.11 Å². The number of fused-ring (bicyclic) bond motifs is 1. The highest BCUT2D eigenvalue weighted by Gasteiger charge is 2.31. The molecule has 202 valence electrons. The lowest BCUT2D eigenvalue weighted by molar-refractivity contribution is 0.0167. The summed E-state index contributed by atoms with van der Waals surface area (Å²) in [7, 11) is 1.50. The van der Waals surface area contributed by atoms with E-state index in [1.54, 1.807) is 42.9 Å². The van der Waals surface area contributed by atoms with Crippen molar-refractivity contribution < 1.29 is 22.3 Å². The minimum Gasteiger partial charge on any atom is -0.495 e. The van der Waals surface area contributed by atoms with E-state index in [0.717, 1.165) is 6.92 Å². The molecule has 11 heteroatoms. The van der Waals surface area contributed by atoms with E-state index in [-0.39, 0.29) is 22.5 Å². The van der Waals surface area contributed by atoms with Gasteiger partial charge < -0.3 is 9.30 Å². The third-order valence-corrected chi connectivity index (χ3v) is 7.32. The van der Waals surface area contributed by atoms with Crippen LogP contribution in [0.3, 0.4) is 0 Å². The van der Waals surface area contributed by atoms with E-state index in [0.29, 0.717) is 39.1 Å². The number of methoxy groups -OCH3 is 1. The van der Waals surface area contributed by atoms with Crippen LogP contribution in [0.25, 0.3) is 28.3 Å². The first-order chi connectivity index (χ1) is 18.4. The maximum Gasteiger partial charge on any atom is 0.271 e. The molecule has 39 heavy (non-hydrogen) atoms. The average Bonchev–Trinajstić information content (AvgIpc) is 3.48. The van der Waals surface area contributed by atoms with Crippen LogP contribution in [0.5, 0.6) is 5.75 Å². The zero-order valence-electron chi connectivity index (χ0n) is 21.7. The van der Waals surface area contributed by atoms with Gasteiger partial charge in [0, 0.05) is 35.4 Å². The lowest BCUT2D eigenvalue weighted by Gasteiger charge is -2.23. The number of ether oxygens (including phenoxy) is 1. The summed E-state index contributed by atoms with van der Waals surface area (Å²) < 4.78 is 66.7. The van der Waals surface area contributed by atoms with Gasteiger partial charge in [0.15, 0.2) is 5.82 Å². The Balaban J connectivity index is 1.65. The van der Waals surface area contributed by atoms with Gasteiger partial charge in [-0.25, -0.2) is 22.5 Å². The standard InChI is InChI=1S/C28H24ClF4N5O/c1-14-21(30)8-18(9-22(14)31)16(3)37-12-19(28(4,32)33)11-20-25(35-36-27(20)37)17-6-7-23(24(10-17)39-5)38-13-34-15(2)26(38)29/h6-13,16H,1-5H3. The fourth-order valence-corrected chi connectivity index (χ4v) is 4.65. The van der Waals surface area contributed by atoms with Crippen LogP contribution in [-0.2, 0) is 5.92 Å². The Bertz CT molecular complexity index is 1650. The molecular formula is C28H24ClF4N5O. The van der Waals surface area contributed by atoms with Gasteiger partial charge in [-0.2, -0.15) is 0 Å². The van der Waals surface area contributed by atoms with E-state index in [1.165, 1.54) is 43.0 Å². The molecule has 3 heterocycles. The second kappa shape index (κ2) is 9.68. The molecule has 0 N–H and O–H groups in total. The number of hydrogen-bond donors (Lipinski definition) is 0. The summed E-state index contributed by atoms with van der Waals surface area (Å²) in [6.07, 6.45) is 2.82. The number of alkyl halides is 2. The van der Waals surface area contributed by atoms with Crippen molar-refractivity contribution in [2.24, 2.45) is 0 Å². The minimum absolute atomic E-state index is 0.116. The van der Waals surface area contributed by atoms with Gasteiger partial charge >= 0.3 is 0 Å². The summed E-state index contributed by atoms with van der Waals surface area (Å²) in [5, 5.41) is 9.02. The molecule has 3 aromatic rings. The maximum absolute atomic E-state index is 14.6. The number of rotatable bonds is 6. The van der Waals surface area contributed by atoms with Crippen LogP contribution in [-0.4, -0.2) is 31.4 Å². The van der Waals surface area contributed by atoms with E-state index in [2.05, 4.69) is 15.2 Å². The van der Waals surface area contributed by atoms with Gasteiger partial charge in [-0.1, -0.05) is 17.7 Å². The van der Waals surface area contributed by atoms with Crippen LogP contribution in [0, 0.1) is 25.5 Å². The fourth-order valence-electron chi connectivity index (χ4n) is 4.47. The summed E-state index contributed by atoms with van der Waals surface area (Å²) in [5.74, 6) is -3.92. The van der Waals surface area contributed by atoms with Crippen LogP contribution in [0.15, 0.2) is 48.9 Å². The van der Waals surface area contributed by atoms with Crippen LogP contribution < -0.4 is 4.74 Å². The number of aryl methyl sites for hydroxylation is 1. The molecule has 1 atom stereocenters. The molecule has 0 amide bonds. The molecule has 0 saturated heterocycles. The largest absolute Gasteiger partial charge is 0.495 e. The number of benzene rings is 2. The molecule has 2 aliphatic rings. The second-order valence-corrected chi connectivity index (χ2v) is 9.83. The highest BCUT2D eigenvalue weighted by atomic mass is 35.5. The van der Waals surface area contributed by atoms with Crippen molar-refractivity contribution in [2.45, 2.75) is 39.7 Å². The SMILES string of the molecule is COc1cc(-c2nnc3n(C(C)c4cc(F)c(C)c(F)c4)cc(C(C)(F)F)cc2-3)ccc1-n1cnc(C)c1Cl. The van der Waals surface area contributed by atoms with E-state index >= 15 is 0 Å². The van der Waals surface area contributed by atoms with Crippen molar-refractivity contribution in [3.05, 3.63) is 88.1 Å². The third kappa shape index (κ3) is 4.63. The number of halogens is 5. The van der Waals surface area contributed by atoms with Crippen LogP contribution >= 0.6 is 11.6 Å². The monoisotopic (exact) mass is 557 g/mol. The average molecular weight is 558 g/mol.